The molecule has 1 N–H and O–H groups in total. The molecule has 4 rings (SSSR count). The van der Waals surface area contributed by atoms with E-state index in [1.807, 2.05) is 12.1 Å². The third-order valence-corrected chi connectivity index (χ3v) is 4.94. The van der Waals surface area contributed by atoms with Crippen molar-refractivity contribution in [1.82, 2.24) is 4.98 Å². The Bertz CT molecular complexity index is 1130. The molecule has 0 fully saturated rings. The van der Waals surface area contributed by atoms with Crippen molar-refractivity contribution < 1.29 is 23.9 Å². The third kappa shape index (κ3) is 3.71. The molecule has 1 amide bonds. The number of nitrogens with zero attached hydrogens (tertiary/aromatic N) is 2. The smallest absolute Gasteiger partial charge is 0.337 e. The Balaban J connectivity index is 1.80. The minimum Gasteiger partial charge on any atom is -0.465 e. The van der Waals surface area contributed by atoms with Gasteiger partial charge in [0.1, 0.15) is 12.0 Å². The highest BCUT2D eigenvalue weighted by atomic mass is 16.5. The van der Waals surface area contributed by atoms with E-state index in [9.17, 15) is 14.4 Å². The largest absolute Gasteiger partial charge is 0.465 e. The van der Waals surface area contributed by atoms with Crippen molar-refractivity contribution in [3.05, 3.63) is 89.1 Å². The van der Waals surface area contributed by atoms with Gasteiger partial charge in [0, 0.05) is 23.0 Å². The number of nitrogens with one attached hydrogen (secondary N) is 1. The maximum atomic E-state index is 13.1. The standard InChI is InChI=1S/C23H19N3O5/c1-30-22(28)14-11-15(23(29)31-2)13-16(12-14)25-20-17-7-3-4-8-18(17)21(27)26(20)19-9-5-6-10-24-19/h3-13,20,25H,1-2H3/t20-/m1/s1. The van der Waals surface area contributed by atoms with Gasteiger partial charge in [0.15, 0.2) is 0 Å². The number of aromatic nitrogens is 1. The van der Waals surface area contributed by atoms with Gasteiger partial charge in [-0.25, -0.2) is 14.6 Å². The molecule has 2 heterocycles. The monoisotopic (exact) mass is 417 g/mol. The van der Waals surface area contributed by atoms with Gasteiger partial charge in [-0.1, -0.05) is 24.3 Å². The second kappa shape index (κ2) is 8.27. The number of amides is 1. The average molecular weight is 417 g/mol. The molecule has 31 heavy (non-hydrogen) atoms. The first-order valence-electron chi connectivity index (χ1n) is 9.45. The van der Waals surface area contributed by atoms with Crippen LogP contribution in [-0.2, 0) is 9.47 Å². The SMILES string of the molecule is COC(=O)c1cc(N[C@H]2c3ccccc3C(=O)N2c2ccccn2)cc(C(=O)OC)c1. The molecule has 8 nitrogen and oxygen atoms in total. The van der Waals surface area contributed by atoms with Crippen molar-refractivity contribution in [3.63, 3.8) is 0 Å². The van der Waals surface area contributed by atoms with Gasteiger partial charge >= 0.3 is 11.9 Å². The maximum Gasteiger partial charge on any atom is 0.337 e. The van der Waals surface area contributed by atoms with E-state index in [0.29, 0.717) is 17.1 Å². The van der Waals surface area contributed by atoms with E-state index in [4.69, 9.17) is 9.47 Å². The fraction of sp³-hybridized carbons (Fsp3) is 0.130. The predicted molar refractivity (Wildman–Crippen MR) is 113 cm³/mol. The molecule has 2 aromatic carbocycles. The number of ether oxygens (including phenoxy) is 2. The number of fused-ring (bicyclic) bond motifs is 1. The molecule has 1 atom stereocenters. The average Bonchev–Trinajstić information content (AvgIpc) is 3.09. The Labute approximate surface area is 178 Å². The molecule has 0 unspecified atom stereocenters. The van der Waals surface area contributed by atoms with E-state index in [-0.39, 0.29) is 17.0 Å². The van der Waals surface area contributed by atoms with Crippen LogP contribution < -0.4 is 10.2 Å². The van der Waals surface area contributed by atoms with Crippen LogP contribution in [0.4, 0.5) is 11.5 Å². The maximum absolute atomic E-state index is 13.1. The third-order valence-electron chi connectivity index (χ3n) is 4.94. The molecule has 1 aliphatic rings. The molecule has 1 aliphatic heterocycles. The molecule has 0 saturated carbocycles. The van der Waals surface area contributed by atoms with Gasteiger partial charge in [-0.15, -0.1) is 0 Å². The lowest BCUT2D eigenvalue weighted by atomic mass is 10.1. The van der Waals surface area contributed by atoms with Crippen LogP contribution in [0.3, 0.4) is 0 Å². The Morgan fingerprint density at radius 1 is 0.935 bits per heavy atom. The first kappa shape index (κ1) is 20.1. The lowest BCUT2D eigenvalue weighted by molar-refractivity contribution is 0.0599. The van der Waals surface area contributed by atoms with Gasteiger partial charge < -0.3 is 14.8 Å². The molecule has 8 heteroatoms. The summed E-state index contributed by atoms with van der Waals surface area (Å²) in [7, 11) is 2.52. The normalized spacial score (nSPS) is 14.7. The van der Waals surface area contributed by atoms with Crippen LogP contribution in [0, 0.1) is 0 Å². The Kier molecular flexibility index (Phi) is 5.36. The number of carbonyl (C=O) groups excluding carboxylic acids is 3. The number of hydrogen-bond donors (Lipinski definition) is 1. The highest BCUT2D eigenvalue weighted by Crippen LogP contribution is 2.37. The molecule has 0 aliphatic carbocycles. The zero-order valence-corrected chi connectivity index (χ0v) is 16.9. The number of hydrogen-bond acceptors (Lipinski definition) is 7. The molecule has 0 saturated heterocycles. The molecule has 0 radical (unpaired) electrons. The Hall–Kier alpha value is -4.20. The summed E-state index contributed by atoms with van der Waals surface area (Å²) < 4.78 is 9.60. The van der Waals surface area contributed by atoms with Crippen LogP contribution >= 0.6 is 0 Å². The van der Waals surface area contributed by atoms with E-state index >= 15 is 0 Å². The quantitative estimate of drug-likeness (QED) is 0.635. The van der Waals surface area contributed by atoms with Gasteiger partial charge in [-0.05, 0) is 36.4 Å². The van der Waals surface area contributed by atoms with Crippen LogP contribution in [0.2, 0.25) is 0 Å². The highest BCUT2D eigenvalue weighted by Gasteiger charge is 2.38. The predicted octanol–water partition coefficient (Wildman–Crippen LogP) is 3.43. The minimum absolute atomic E-state index is 0.176. The highest BCUT2D eigenvalue weighted by molar-refractivity contribution is 6.11. The summed E-state index contributed by atoms with van der Waals surface area (Å²) in [4.78, 5) is 43.2. The van der Waals surface area contributed by atoms with Gasteiger partial charge in [-0.2, -0.15) is 0 Å². The van der Waals surface area contributed by atoms with E-state index in [2.05, 4.69) is 10.3 Å². The van der Waals surface area contributed by atoms with Crippen molar-refractivity contribution >= 4 is 29.4 Å². The summed E-state index contributed by atoms with van der Waals surface area (Å²) >= 11 is 0. The number of methoxy groups -OCH3 is 2. The minimum atomic E-state index is -0.600. The summed E-state index contributed by atoms with van der Waals surface area (Å²) in [6.45, 7) is 0. The van der Waals surface area contributed by atoms with Gasteiger partial charge in [0.05, 0.1) is 25.3 Å². The number of rotatable bonds is 5. The van der Waals surface area contributed by atoms with Crippen LogP contribution in [0.5, 0.6) is 0 Å². The molecular weight excluding hydrogens is 398 g/mol. The molecule has 0 spiro atoms. The Morgan fingerprint density at radius 2 is 1.58 bits per heavy atom. The summed E-state index contributed by atoms with van der Waals surface area (Å²) in [5.41, 5.74) is 2.09. The molecule has 3 aromatic rings. The fourth-order valence-corrected chi connectivity index (χ4v) is 3.53. The lowest BCUT2D eigenvalue weighted by Gasteiger charge is -2.26. The van der Waals surface area contributed by atoms with Crippen LogP contribution in [0.15, 0.2) is 66.9 Å². The van der Waals surface area contributed by atoms with E-state index in [1.54, 1.807) is 48.7 Å². The van der Waals surface area contributed by atoms with Crippen molar-refractivity contribution in [2.45, 2.75) is 6.17 Å². The summed E-state index contributed by atoms with van der Waals surface area (Å²) in [6.07, 6.45) is 1.01. The Morgan fingerprint density at radius 3 is 2.19 bits per heavy atom. The van der Waals surface area contributed by atoms with Crippen LogP contribution in [0.25, 0.3) is 0 Å². The summed E-state index contributed by atoms with van der Waals surface area (Å²) in [5.74, 6) is -0.931. The fourth-order valence-electron chi connectivity index (χ4n) is 3.53. The second-order valence-electron chi connectivity index (χ2n) is 6.78. The van der Waals surface area contributed by atoms with Crippen molar-refractivity contribution in [2.75, 3.05) is 24.4 Å². The number of pyridine rings is 1. The first-order valence-corrected chi connectivity index (χ1v) is 9.45. The number of benzene rings is 2. The second-order valence-corrected chi connectivity index (χ2v) is 6.78. The van der Waals surface area contributed by atoms with Crippen molar-refractivity contribution in [2.24, 2.45) is 0 Å². The van der Waals surface area contributed by atoms with Crippen LogP contribution in [-0.4, -0.2) is 37.0 Å². The molecule has 1 aromatic heterocycles. The zero-order valence-electron chi connectivity index (χ0n) is 16.9. The van der Waals surface area contributed by atoms with Gasteiger partial charge in [0.25, 0.3) is 5.91 Å². The van der Waals surface area contributed by atoms with Crippen molar-refractivity contribution in [3.8, 4) is 0 Å². The van der Waals surface area contributed by atoms with Gasteiger partial charge in [0.2, 0.25) is 0 Å². The van der Waals surface area contributed by atoms with E-state index in [0.717, 1.165) is 5.56 Å². The summed E-state index contributed by atoms with van der Waals surface area (Å²) in [5, 5.41) is 3.26. The number of anilines is 2. The molecule has 156 valence electrons. The van der Waals surface area contributed by atoms with Gasteiger partial charge in [-0.3, -0.25) is 9.69 Å². The zero-order chi connectivity index (χ0) is 22.0. The lowest BCUT2D eigenvalue weighted by Crippen LogP contribution is -2.33. The van der Waals surface area contributed by atoms with Crippen molar-refractivity contribution in [1.29, 1.82) is 0 Å². The van der Waals surface area contributed by atoms with Crippen LogP contribution in [0.1, 0.15) is 42.8 Å². The molecular formula is C23H19N3O5. The van der Waals surface area contributed by atoms with E-state index < -0.39 is 18.1 Å². The first-order chi connectivity index (χ1) is 15.0. The number of carbonyl (C=O) groups is 3. The van der Waals surface area contributed by atoms with E-state index in [1.165, 1.54) is 25.2 Å². The molecule has 0 bridgehead atoms. The topological polar surface area (TPSA) is 97.8 Å². The number of esters is 2. The summed E-state index contributed by atoms with van der Waals surface area (Å²) in [6, 6.07) is 17.0.